The number of halogens is 3. The maximum Gasteiger partial charge on any atom is 0.265 e. The van der Waals surface area contributed by atoms with Crippen molar-refractivity contribution in [2.75, 3.05) is 26.7 Å². The topological polar surface area (TPSA) is 54.5 Å². The van der Waals surface area contributed by atoms with Crippen LogP contribution in [0.5, 0.6) is 5.75 Å². The van der Waals surface area contributed by atoms with Crippen LogP contribution in [-0.4, -0.2) is 42.5 Å². The molecule has 2 aromatic rings. The van der Waals surface area contributed by atoms with Gasteiger partial charge in [0.25, 0.3) is 5.91 Å². The Bertz CT molecular complexity index is 743. The first-order valence-electron chi connectivity index (χ1n) is 8.35. The van der Waals surface area contributed by atoms with Crippen LogP contribution >= 0.6 is 36.2 Å². The summed E-state index contributed by atoms with van der Waals surface area (Å²) in [4.78, 5) is 19.8. The molecule has 1 amide bonds. The first kappa shape index (κ1) is 23.6. The highest BCUT2D eigenvalue weighted by Gasteiger charge is 2.28. The van der Waals surface area contributed by atoms with E-state index in [-0.39, 0.29) is 43.1 Å². The summed E-state index contributed by atoms with van der Waals surface area (Å²) in [5.41, 5.74) is 0.741. The van der Waals surface area contributed by atoms with E-state index in [4.69, 9.17) is 4.74 Å². The van der Waals surface area contributed by atoms with E-state index in [1.165, 1.54) is 23.5 Å². The van der Waals surface area contributed by atoms with Crippen LogP contribution in [0.1, 0.15) is 26.8 Å². The number of thiazole rings is 1. The Hall–Kier alpha value is -1.41. The number of rotatable bonds is 6. The van der Waals surface area contributed by atoms with Gasteiger partial charge in [-0.1, -0.05) is 0 Å². The lowest BCUT2D eigenvalue weighted by Gasteiger charge is -2.15. The summed E-state index contributed by atoms with van der Waals surface area (Å²) in [5, 5.41) is 3.92. The fourth-order valence-corrected chi connectivity index (χ4v) is 3.95. The molecule has 1 aliphatic heterocycles. The van der Waals surface area contributed by atoms with E-state index < -0.39 is 0 Å². The van der Waals surface area contributed by atoms with Crippen molar-refractivity contribution in [1.82, 2.24) is 15.2 Å². The molecule has 0 aliphatic carbocycles. The Morgan fingerprint density at radius 3 is 2.74 bits per heavy atom. The number of aromatic nitrogens is 1. The molecular formula is C18H24Cl2FN3O2S. The van der Waals surface area contributed by atoms with E-state index in [2.05, 4.69) is 10.3 Å². The third kappa shape index (κ3) is 6.04. The highest BCUT2D eigenvalue weighted by atomic mass is 35.5. The average Bonchev–Trinajstić information content (AvgIpc) is 3.21. The minimum atomic E-state index is -0.299. The minimum absolute atomic E-state index is 0. The second kappa shape index (κ2) is 10.8. The number of nitrogens with zero attached hydrogens (tertiary/aromatic N) is 2. The first-order valence-corrected chi connectivity index (χ1v) is 9.17. The average molecular weight is 436 g/mol. The summed E-state index contributed by atoms with van der Waals surface area (Å²) in [5.74, 6) is 0.856. The number of hydrogen-bond donors (Lipinski definition) is 1. The SMILES string of the molecule is CNCC1CCN(C(=O)c2sc(COc3ccc(F)cc3)nc2C)C1.Cl.Cl. The van der Waals surface area contributed by atoms with E-state index in [1.807, 2.05) is 18.9 Å². The van der Waals surface area contributed by atoms with Gasteiger partial charge in [0.15, 0.2) is 0 Å². The second-order valence-corrected chi connectivity index (χ2v) is 7.31. The van der Waals surface area contributed by atoms with Gasteiger partial charge in [-0.05, 0) is 57.1 Å². The molecule has 1 aromatic carbocycles. The molecule has 1 aliphatic rings. The summed E-state index contributed by atoms with van der Waals surface area (Å²) >= 11 is 1.37. The highest BCUT2D eigenvalue weighted by Crippen LogP contribution is 2.25. The van der Waals surface area contributed by atoms with Crippen LogP contribution in [0.3, 0.4) is 0 Å². The van der Waals surface area contributed by atoms with E-state index in [1.54, 1.807) is 12.1 Å². The molecule has 1 N–H and O–H groups in total. The maximum absolute atomic E-state index is 12.9. The lowest BCUT2D eigenvalue weighted by Crippen LogP contribution is -2.30. The van der Waals surface area contributed by atoms with Crippen LogP contribution in [0, 0.1) is 18.7 Å². The molecular weight excluding hydrogens is 412 g/mol. The Kier molecular flexibility index (Phi) is 9.45. The normalized spacial score (nSPS) is 15.8. The van der Waals surface area contributed by atoms with Crippen molar-refractivity contribution in [3.8, 4) is 5.75 Å². The Morgan fingerprint density at radius 2 is 2.07 bits per heavy atom. The lowest BCUT2D eigenvalue weighted by molar-refractivity contribution is 0.0791. The molecule has 1 aromatic heterocycles. The Morgan fingerprint density at radius 1 is 1.37 bits per heavy atom. The molecule has 150 valence electrons. The van der Waals surface area contributed by atoms with E-state index >= 15 is 0 Å². The Labute approximate surface area is 175 Å². The monoisotopic (exact) mass is 435 g/mol. The Balaban J connectivity index is 0.00000182. The molecule has 0 saturated carbocycles. The molecule has 0 radical (unpaired) electrons. The van der Waals surface area contributed by atoms with Crippen LogP contribution < -0.4 is 10.1 Å². The zero-order valence-corrected chi connectivity index (χ0v) is 17.7. The van der Waals surface area contributed by atoms with Crippen LogP contribution in [-0.2, 0) is 6.61 Å². The van der Waals surface area contributed by atoms with Gasteiger partial charge in [0.1, 0.15) is 28.1 Å². The van der Waals surface area contributed by atoms with Gasteiger partial charge in [0.05, 0.1) is 5.69 Å². The molecule has 0 spiro atoms. The number of aryl methyl sites for hydroxylation is 1. The molecule has 5 nitrogen and oxygen atoms in total. The number of carbonyl (C=O) groups excluding carboxylic acids is 1. The molecule has 3 rings (SSSR count). The van der Waals surface area contributed by atoms with Gasteiger partial charge in [0, 0.05) is 13.1 Å². The van der Waals surface area contributed by atoms with Crippen molar-refractivity contribution < 1.29 is 13.9 Å². The van der Waals surface area contributed by atoms with Gasteiger partial charge in [-0.2, -0.15) is 0 Å². The quantitative estimate of drug-likeness (QED) is 0.751. The highest BCUT2D eigenvalue weighted by molar-refractivity contribution is 7.13. The summed E-state index contributed by atoms with van der Waals surface area (Å²) in [6, 6.07) is 5.86. The number of benzene rings is 1. The number of likely N-dealkylation sites (tertiary alicyclic amines) is 1. The van der Waals surface area contributed by atoms with E-state index in [0.29, 0.717) is 16.5 Å². The van der Waals surface area contributed by atoms with Gasteiger partial charge in [-0.3, -0.25) is 4.79 Å². The van der Waals surface area contributed by atoms with Crippen molar-refractivity contribution in [1.29, 1.82) is 0 Å². The molecule has 9 heteroatoms. The van der Waals surface area contributed by atoms with Crippen LogP contribution in [0.4, 0.5) is 4.39 Å². The number of amides is 1. The number of ether oxygens (including phenoxy) is 1. The number of nitrogens with one attached hydrogen (secondary N) is 1. The van der Waals surface area contributed by atoms with E-state index in [0.717, 1.165) is 36.8 Å². The maximum atomic E-state index is 12.9. The standard InChI is InChI=1S/C18H22FN3O2S.2ClH/c1-12-17(18(23)22-8-7-13(10-22)9-20-2)25-16(21-12)11-24-15-5-3-14(19)4-6-15;;/h3-6,13,20H,7-11H2,1-2H3;2*1H. The third-order valence-electron chi connectivity index (χ3n) is 4.28. The first-order chi connectivity index (χ1) is 12.1. The second-order valence-electron chi connectivity index (χ2n) is 6.23. The van der Waals surface area contributed by atoms with Crippen molar-refractivity contribution in [3.05, 3.63) is 45.7 Å². The van der Waals surface area contributed by atoms with Gasteiger partial charge < -0.3 is 15.0 Å². The predicted octanol–water partition coefficient (Wildman–Crippen LogP) is 3.69. The summed E-state index contributed by atoms with van der Waals surface area (Å²) in [6.45, 7) is 4.64. The smallest absolute Gasteiger partial charge is 0.265 e. The van der Waals surface area contributed by atoms with Crippen molar-refractivity contribution >= 4 is 42.1 Å². The minimum Gasteiger partial charge on any atom is -0.486 e. The van der Waals surface area contributed by atoms with Crippen molar-refractivity contribution in [2.24, 2.45) is 5.92 Å². The summed E-state index contributed by atoms with van der Waals surface area (Å²) in [6.07, 6.45) is 1.03. The van der Waals surface area contributed by atoms with Gasteiger partial charge in [-0.25, -0.2) is 9.37 Å². The zero-order chi connectivity index (χ0) is 17.8. The molecule has 1 saturated heterocycles. The van der Waals surface area contributed by atoms with Gasteiger partial charge in [0.2, 0.25) is 0 Å². The predicted molar refractivity (Wildman–Crippen MR) is 110 cm³/mol. The molecule has 2 heterocycles. The third-order valence-corrected chi connectivity index (χ3v) is 5.40. The van der Waals surface area contributed by atoms with Crippen molar-refractivity contribution in [3.63, 3.8) is 0 Å². The molecule has 0 bridgehead atoms. The molecule has 27 heavy (non-hydrogen) atoms. The molecule has 1 fully saturated rings. The van der Waals surface area contributed by atoms with E-state index in [9.17, 15) is 9.18 Å². The molecule has 1 atom stereocenters. The largest absolute Gasteiger partial charge is 0.486 e. The fourth-order valence-electron chi connectivity index (χ4n) is 3.00. The summed E-state index contributed by atoms with van der Waals surface area (Å²) in [7, 11) is 1.94. The lowest BCUT2D eigenvalue weighted by atomic mass is 10.1. The fraction of sp³-hybridized carbons (Fsp3) is 0.444. The van der Waals surface area contributed by atoms with Gasteiger partial charge >= 0.3 is 0 Å². The van der Waals surface area contributed by atoms with Crippen LogP contribution in [0.15, 0.2) is 24.3 Å². The van der Waals surface area contributed by atoms with Crippen LogP contribution in [0.2, 0.25) is 0 Å². The van der Waals surface area contributed by atoms with Gasteiger partial charge in [-0.15, -0.1) is 36.2 Å². The van der Waals surface area contributed by atoms with Crippen molar-refractivity contribution in [2.45, 2.75) is 20.0 Å². The number of hydrogen-bond acceptors (Lipinski definition) is 5. The number of carbonyl (C=O) groups is 1. The zero-order valence-electron chi connectivity index (χ0n) is 15.2. The molecule has 1 unspecified atom stereocenters. The summed E-state index contributed by atoms with van der Waals surface area (Å²) < 4.78 is 18.5. The van der Waals surface area contributed by atoms with Crippen LogP contribution in [0.25, 0.3) is 0 Å².